The summed E-state index contributed by atoms with van der Waals surface area (Å²) in [5.41, 5.74) is 5.29. The van der Waals surface area contributed by atoms with Crippen molar-refractivity contribution in [1.82, 2.24) is 5.32 Å². The van der Waals surface area contributed by atoms with Crippen LogP contribution >= 0.6 is 11.3 Å². The topological polar surface area (TPSA) is 109 Å². The van der Waals surface area contributed by atoms with Crippen molar-refractivity contribution in [2.75, 3.05) is 0 Å². The molecule has 0 radical (unpaired) electrons. The van der Waals surface area contributed by atoms with Crippen LogP contribution in [0.15, 0.2) is 12.1 Å². The van der Waals surface area contributed by atoms with Crippen LogP contribution in [-0.2, 0) is 4.79 Å². The lowest BCUT2D eigenvalue weighted by molar-refractivity contribution is -0.118. The van der Waals surface area contributed by atoms with Gasteiger partial charge in [0.15, 0.2) is 0 Å². The standard InChI is InChI=1S/C15H20N2O4S/c16-13(18)8-10(9-4-2-1-3-5-9)17-14(19)11-6-7-12(22-11)15(20)21/h6-7,9-10H,1-5,8H2,(H2,16,18)(H,17,19)(H,20,21). The number of amides is 2. The molecule has 0 aliphatic heterocycles. The molecule has 4 N–H and O–H groups in total. The molecule has 0 spiro atoms. The monoisotopic (exact) mass is 324 g/mol. The summed E-state index contributed by atoms with van der Waals surface area (Å²) in [5.74, 6) is -1.57. The second kappa shape index (κ2) is 7.40. The van der Waals surface area contributed by atoms with Crippen molar-refractivity contribution in [1.29, 1.82) is 0 Å². The van der Waals surface area contributed by atoms with Crippen molar-refractivity contribution in [3.63, 3.8) is 0 Å². The predicted molar refractivity (Wildman–Crippen MR) is 82.9 cm³/mol. The number of hydrogen-bond donors (Lipinski definition) is 3. The number of nitrogens with one attached hydrogen (secondary N) is 1. The SMILES string of the molecule is NC(=O)CC(NC(=O)c1ccc(C(=O)O)s1)C1CCCCC1. The number of nitrogens with two attached hydrogens (primary N) is 1. The molecular weight excluding hydrogens is 304 g/mol. The minimum atomic E-state index is -1.05. The first-order valence-corrected chi connectivity index (χ1v) is 8.21. The van der Waals surface area contributed by atoms with Gasteiger partial charge in [0, 0.05) is 12.5 Å². The number of carbonyl (C=O) groups is 3. The first-order chi connectivity index (χ1) is 10.5. The number of primary amides is 1. The number of hydrogen-bond acceptors (Lipinski definition) is 4. The van der Waals surface area contributed by atoms with Crippen LogP contribution in [-0.4, -0.2) is 28.9 Å². The van der Waals surface area contributed by atoms with Gasteiger partial charge in [-0.05, 0) is 30.9 Å². The van der Waals surface area contributed by atoms with Gasteiger partial charge in [0.25, 0.3) is 5.91 Å². The van der Waals surface area contributed by atoms with Gasteiger partial charge in [-0.1, -0.05) is 19.3 Å². The van der Waals surface area contributed by atoms with Gasteiger partial charge in [0.2, 0.25) is 5.91 Å². The molecule has 2 rings (SSSR count). The third-order valence-corrected chi connectivity index (χ3v) is 5.07. The molecule has 120 valence electrons. The molecule has 0 bridgehead atoms. The lowest BCUT2D eigenvalue weighted by Crippen LogP contribution is -2.43. The zero-order valence-electron chi connectivity index (χ0n) is 12.2. The summed E-state index contributed by atoms with van der Waals surface area (Å²) in [7, 11) is 0. The number of thiophene rings is 1. The van der Waals surface area contributed by atoms with Crippen molar-refractivity contribution in [3.05, 3.63) is 21.9 Å². The number of carboxylic acid groups (broad SMARTS) is 1. The quantitative estimate of drug-likeness (QED) is 0.743. The van der Waals surface area contributed by atoms with E-state index in [9.17, 15) is 14.4 Å². The summed E-state index contributed by atoms with van der Waals surface area (Å²) >= 11 is 0.929. The Balaban J connectivity index is 2.05. The van der Waals surface area contributed by atoms with E-state index in [1.807, 2.05) is 0 Å². The van der Waals surface area contributed by atoms with E-state index in [0.29, 0.717) is 4.88 Å². The molecule has 1 aromatic heterocycles. The molecule has 7 heteroatoms. The van der Waals surface area contributed by atoms with Crippen LogP contribution in [0.3, 0.4) is 0 Å². The molecule has 22 heavy (non-hydrogen) atoms. The number of carbonyl (C=O) groups excluding carboxylic acids is 2. The minimum Gasteiger partial charge on any atom is -0.477 e. The minimum absolute atomic E-state index is 0.119. The summed E-state index contributed by atoms with van der Waals surface area (Å²) in [6, 6.07) is 2.62. The molecule has 1 saturated carbocycles. The van der Waals surface area contributed by atoms with E-state index in [1.165, 1.54) is 18.6 Å². The van der Waals surface area contributed by atoms with E-state index in [4.69, 9.17) is 10.8 Å². The maximum absolute atomic E-state index is 12.3. The fourth-order valence-corrected chi connectivity index (χ4v) is 3.65. The van der Waals surface area contributed by atoms with E-state index >= 15 is 0 Å². The fraction of sp³-hybridized carbons (Fsp3) is 0.533. The summed E-state index contributed by atoms with van der Waals surface area (Å²) < 4.78 is 0. The van der Waals surface area contributed by atoms with Crippen molar-refractivity contribution in [2.45, 2.75) is 44.6 Å². The average Bonchev–Trinajstić information content (AvgIpc) is 2.97. The zero-order chi connectivity index (χ0) is 16.1. The van der Waals surface area contributed by atoms with Crippen molar-refractivity contribution >= 4 is 29.1 Å². The van der Waals surface area contributed by atoms with Gasteiger partial charge in [-0.2, -0.15) is 0 Å². The first kappa shape index (κ1) is 16.5. The Bertz CT molecular complexity index is 564. The highest BCUT2D eigenvalue weighted by atomic mass is 32.1. The van der Waals surface area contributed by atoms with Gasteiger partial charge in [0.05, 0.1) is 4.88 Å². The van der Waals surface area contributed by atoms with Crippen LogP contribution in [0.1, 0.15) is 57.9 Å². The van der Waals surface area contributed by atoms with Gasteiger partial charge < -0.3 is 16.2 Å². The van der Waals surface area contributed by atoms with Gasteiger partial charge >= 0.3 is 5.97 Å². The highest BCUT2D eigenvalue weighted by molar-refractivity contribution is 7.15. The van der Waals surface area contributed by atoms with Gasteiger partial charge in [-0.25, -0.2) is 4.79 Å². The van der Waals surface area contributed by atoms with Gasteiger partial charge in [0.1, 0.15) is 4.88 Å². The highest BCUT2D eigenvalue weighted by Gasteiger charge is 2.27. The largest absolute Gasteiger partial charge is 0.477 e. The maximum Gasteiger partial charge on any atom is 0.345 e. The van der Waals surface area contributed by atoms with Crippen molar-refractivity contribution in [3.8, 4) is 0 Å². The Kier molecular flexibility index (Phi) is 5.54. The van der Waals surface area contributed by atoms with Gasteiger partial charge in [-0.15, -0.1) is 11.3 Å². The maximum atomic E-state index is 12.3. The highest BCUT2D eigenvalue weighted by Crippen LogP contribution is 2.28. The van der Waals surface area contributed by atoms with Crippen molar-refractivity contribution in [2.24, 2.45) is 11.7 Å². The molecule has 1 aliphatic carbocycles. The summed E-state index contributed by atoms with van der Waals surface area (Å²) in [6.07, 6.45) is 5.44. The lowest BCUT2D eigenvalue weighted by Gasteiger charge is -2.30. The summed E-state index contributed by atoms with van der Waals surface area (Å²) in [4.78, 5) is 34.9. The van der Waals surface area contributed by atoms with Crippen LogP contribution in [0.5, 0.6) is 0 Å². The van der Waals surface area contributed by atoms with E-state index in [-0.39, 0.29) is 29.2 Å². The third kappa shape index (κ3) is 4.30. The molecule has 1 unspecified atom stereocenters. The lowest BCUT2D eigenvalue weighted by atomic mass is 9.82. The number of rotatable bonds is 6. The molecule has 1 fully saturated rings. The molecule has 2 amide bonds. The molecule has 1 atom stereocenters. The molecule has 0 aromatic carbocycles. The van der Waals surface area contributed by atoms with Gasteiger partial charge in [-0.3, -0.25) is 9.59 Å². The fourth-order valence-electron chi connectivity index (χ4n) is 2.90. The molecule has 1 aliphatic rings. The molecule has 6 nitrogen and oxygen atoms in total. The number of aromatic carboxylic acids is 1. The van der Waals surface area contributed by atoms with Crippen LogP contribution in [0.2, 0.25) is 0 Å². The Morgan fingerprint density at radius 3 is 2.41 bits per heavy atom. The molecular formula is C15H20N2O4S. The van der Waals surface area contributed by atoms with E-state index in [1.54, 1.807) is 0 Å². The Hall–Kier alpha value is -1.89. The summed E-state index contributed by atoms with van der Waals surface area (Å²) in [6.45, 7) is 0. The molecule has 0 saturated heterocycles. The van der Waals surface area contributed by atoms with Crippen LogP contribution in [0.4, 0.5) is 0 Å². The van der Waals surface area contributed by atoms with E-state index in [2.05, 4.69) is 5.32 Å². The third-order valence-electron chi connectivity index (χ3n) is 4.00. The Morgan fingerprint density at radius 2 is 1.86 bits per heavy atom. The Morgan fingerprint density at radius 1 is 1.23 bits per heavy atom. The predicted octanol–water partition coefficient (Wildman–Crippen LogP) is 2.00. The van der Waals surface area contributed by atoms with Crippen LogP contribution in [0.25, 0.3) is 0 Å². The van der Waals surface area contributed by atoms with Crippen LogP contribution < -0.4 is 11.1 Å². The smallest absolute Gasteiger partial charge is 0.345 e. The summed E-state index contributed by atoms with van der Waals surface area (Å²) in [5, 5.41) is 11.8. The van der Waals surface area contributed by atoms with Crippen LogP contribution in [0, 0.1) is 5.92 Å². The zero-order valence-corrected chi connectivity index (χ0v) is 13.0. The normalized spacial score (nSPS) is 16.9. The van der Waals surface area contributed by atoms with E-state index < -0.39 is 11.9 Å². The molecule has 1 aromatic rings. The second-order valence-corrected chi connectivity index (χ2v) is 6.70. The second-order valence-electron chi connectivity index (χ2n) is 5.62. The Labute approximate surface area is 132 Å². The average molecular weight is 324 g/mol. The van der Waals surface area contributed by atoms with Crippen molar-refractivity contribution < 1.29 is 19.5 Å². The molecule has 1 heterocycles. The first-order valence-electron chi connectivity index (χ1n) is 7.39. The number of carboxylic acids is 1. The van der Waals surface area contributed by atoms with E-state index in [0.717, 1.165) is 37.0 Å².